The maximum Gasteiger partial charge on any atom is 0.328 e. The van der Waals surface area contributed by atoms with Crippen LogP contribution in [0.4, 0.5) is 0 Å². The van der Waals surface area contributed by atoms with E-state index in [1.165, 1.54) is 22.7 Å². The van der Waals surface area contributed by atoms with Crippen LogP contribution in [0.25, 0.3) is 64.9 Å². The standard InChI is InChI=1S/C76H70B2N6O2S2/c1-5-9-27-53(7-3)51-85-61-45-41-55(42-46-61)71-69-70(74(64(50-80)76-82-66-38-24-26-40-68(66)88-76)83(71)77(57-29-15-11-16-30-57)58-31-17-12-18-32-58)72(56-43-47-62(48-44-56)86-52-54(8-4)28-10-6-2)84(78(59-33-19-13-20-34-59)60-35-21-14-22-36-60)73(69)63(49-79)75-81-65-37-23-25-39-67(65)87-75/h11-26,29-48,53-54H,5-10,27-28,51-52H2,1-4H3/b73-63-,74-64-. The van der Waals surface area contributed by atoms with Gasteiger partial charge in [-0.05, 0) is 109 Å². The summed E-state index contributed by atoms with van der Waals surface area (Å²) in [5.74, 6) is 2.42. The number of rotatable bonds is 24. The molecule has 0 aliphatic rings. The quantitative estimate of drug-likeness (QED) is 0.0559. The van der Waals surface area contributed by atoms with Crippen molar-refractivity contribution < 1.29 is 9.47 Å². The van der Waals surface area contributed by atoms with E-state index in [0.717, 1.165) is 138 Å². The minimum absolute atomic E-state index is 0.406. The molecule has 0 amide bonds. The van der Waals surface area contributed by atoms with Gasteiger partial charge in [-0.3, -0.25) is 0 Å². The SMILES string of the molecule is CCCCC(CC)COc1ccc(-c2c3/c(=C(\C#N)c4nc5ccccc5s4)n(B(c4ccccc4)c4ccccc4)c(-c4ccc(OCC(CC)CCCC)cc4)c3/c(=C(\C#N)c3nc4ccccc4s3)n2B(c2ccccc2)c2ccccc2)cc1. The summed E-state index contributed by atoms with van der Waals surface area (Å²) in [5.41, 5.74) is 9.86. The fourth-order valence-corrected chi connectivity index (χ4v) is 14.4. The minimum Gasteiger partial charge on any atom is -0.493 e. The zero-order valence-electron chi connectivity index (χ0n) is 50.5. The predicted molar refractivity (Wildman–Crippen MR) is 370 cm³/mol. The molecular formula is C76H70B2N6O2S2. The Bertz CT molecular complexity index is 4110. The number of nitriles is 2. The van der Waals surface area contributed by atoms with Crippen molar-refractivity contribution in [3.8, 4) is 46.2 Å². The van der Waals surface area contributed by atoms with Crippen LogP contribution in [-0.2, 0) is 0 Å². The van der Waals surface area contributed by atoms with Crippen molar-refractivity contribution in [2.75, 3.05) is 13.2 Å². The molecule has 0 radical (unpaired) electrons. The number of hydrogen-bond acceptors (Lipinski definition) is 8. The second kappa shape index (κ2) is 27.7. The smallest absolute Gasteiger partial charge is 0.328 e. The van der Waals surface area contributed by atoms with Crippen LogP contribution in [-0.4, -0.2) is 45.8 Å². The summed E-state index contributed by atoms with van der Waals surface area (Å²) in [4.78, 5) is 10.7. The lowest BCUT2D eigenvalue weighted by molar-refractivity contribution is 0.233. The maximum absolute atomic E-state index is 12.5. The van der Waals surface area contributed by atoms with Gasteiger partial charge in [0.2, 0.25) is 0 Å². The van der Waals surface area contributed by atoms with E-state index in [1.807, 2.05) is 36.4 Å². The van der Waals surface area contributed by atoms with E-state index in [9.17, 15) is 10.5 Å². The number of benzene rings is 8. The van der Waals surface area contributed by atoms with E-state index < -0.39 is 13.7 Å². The van der Waals surface area contributed by atoms with Crippen LogP contribution < -0.4 is 42.0 Å². The van der Waals surface area contributed by atoms with Gasteiger partial charge >= 0.3 is 13.7 Å². The number of thiazole rings is 2. The number of fused-ring (bicyclic) bond motifs is 3. The second-order valence-electron chi connectivity index (χ2n) is 22.8. The van der Waals surface area contributed by atoms with Gasteiger partial charge in [0.15, 0.2) is 0 Å². The van der Waals surface area contributed by atoms with Gasteiger partial charge in [-0.1, -0.05) is 234 Å². The molecule has 434 valence electrons. The molecule has 0 saturated heterocycles. The van der Waals surface area contributed by atoms with Crippen LogP contribution in [0.2, 0.25) is 0 Å². The van der Waals surface area contributed by atoms with Crippen molar-refractivity contribution in [3.05, 3.63) is 239 Å². The van der Waals surface area contributed by atoms with E-state index in [-0.39, 0.29) is 0 Å². The Morgan fingerprint density at radius 3 is 1.08 bits per heavy atom. The highest BCUT2D eigenvalue weighted by Crippen LogP contribution is 2.39. The van der Waals surface area contributed by atoms with Crippen LogP contribution in [0, 0.1) is 34.5 Å². The summed E-state index contributed by atoms with van der Waals surface area (Å²) >= 11 is 3.03. The number of aromatic nitrogens is 4. The lowest BCUT2D eigenvalue weighted by Gasteiger charge is -2.24. The van der Waals surface area contributed by atoms with E-state index in [1.54, 1.807) is 0 Å². The van der Waals surface area contributed by atoms with Crippen molar-refractivity contribution in [3.63, 3.8) is 0 Å². The van der Waals surface area contributed by atoms with E-state index in [0.29, 0.717) is 56.9 Å². The Morgan fingerprint density at radius 1 is 0.443 bits per heavy atom. The summed E-state index contributed by atoms with van der Waals surface area (Å²) in [6.07, 6.45) is 8.90. The molecule has 0 spiro atoms. The van der Waals surface area contributed by atoms with Gasteiger partial charge < -0.3 is 18.4 Å². The summed E-state index contributed by atoms with van der Waals surface area (Å²) < 4.78 is 20.2. The zero-order chi connectivity index (χ0) is 60.3. The first-order valence-electron chi connectivity index (χ1n) is 31.2. The van der Waals surface area contributed by atoms with E-state index >= 15 is 0 Å². The van der Waals surface area contributed by atoms with E-state index in [2.05, 4.69) is 231 Å². The van der Waals surface area contributed by atoms with Crippen molar-refractivity contribution in [1.82, 2.24) is 18.9 Å². The second-order valence-corrected chi connectivity index (χ2v) is 24.8. The van der Waals surface area contributed by atoms with Crippen LogP contribution in [0.15, 0.2) is 218 Å². The molecule has 8 nitrogen and oxygen atoms in total. The third-order valence-electron chi connectivity index (χ3n) is 17.2. The Morgan fingerprint density at radius 2 is 0.773 bits per heavy atom. The summed E-state index contributed by atoms with van der Waals surface area (Å²) in [7, 11) is 0. The summed E-state index contributed by atoms with van der Waals surface area (Å²) in [5, 5.41) is 29.0. The summed E-state index contributed by atoms with van der Waals surface area (Å²) in [6.45, 7) is 9.18. The molecule has 12 aromatic rings. The number of unbranched alkanes of at least 4 members (excludes halogenated alkanes) is 2. The molecule has 0 N–H and O–H groups in total. The van der Waals surface area contributed by atoms with Crippen molar-refractivity contribution in [1.29, 1.82) is 10.5 Å². The Kier molecular flexibility index (Phi) is 18.6. The van der Waals surface area contributed by atoms with Gasteiger partial charge in [0.05, 0.1) is 44.3 Å². The lowest BCUT2D eigenvalue weighted by Crippen LogP contribution is -2.54. The Labute approximate surface area is 525 Å². The fourth-order valence-electron chi connectivity index (χ4n) is 12.5. The highest BCUT2D eigenvalue weighted by atomic mass is 32.1. The Balaban J connectivity index is 1.33. The molecule has 0 saturated carbocycles. The molecular weight excluding hydrogens is 1110 g/mol. The minimum atomic E-state index is -0.520. The van der Waals surface area contributed by atoms with Gasteiger partial charge in [0, 0.05) is 22.2 Å². The average molecular weight is 1190 g/mol. The molecule has 12 heteroatoms. The monoisotopic (exact) mass is 1180 g/mol. The molecule has 0 bridgehead atoms. The third kappa shape index (κ3) is 12.1. The normalized spacial score (nSPS) is 12.8. The van der Waals surface area contributed by atoms with Crippen molar-refractivity contribution in [2.45, 2.75) is 79.1 Å². The largest absolute Gasteiger partial charge is 0.493 e. The highest BCUT2D eigenvalue weighted by Gasteiger charge is 2.38. The third-order valence-corrected chi connectivity index (χ3v) is 19.3. The first-order chi connectivity index (χ1) is 43.4. The molecule has 2 atom stereocenters. The van der Waals surface area contributed by atoms with Gasteiger partial charge in [-0.25, -0.2) is 9.97 Å². The van der Waals surface area contributed by atoms with Crippen molar-refractivity contribution >= 4 is 101 Å². The van der Waals surface area contributed by atoms with Gasteiger partial charge in [-0.2, -0.15) is 10.5 Å². The number of hydrogen-bond donors (Lipinski definition) is 0. The number of nitrogens with zero attached hydrogens (tertiary/aromatic N) is 6. The van der Waals surface area contributed by atoms with Crippen LogP contribution in [0.5, 0.6) is 11.5 Å². The molecule has 88 heavy (non-hydrogen) atoms. The number of ether oxygens (including phenoxy) is 2. The van der Waals surface area contributed by atoms with Gasteiger partial charge in [0.1, 0.15) is 44.8 Å². The molecule has 0 aliphatic carbocycles. The van der Waals surface area contributed by atoms with E-state index in [4.69, 9.17) is 19.4 Å². The van der Waals surface area contributed by atoms with Crippen LogP contribution in [0.3, 0.4) is 0 Å². The van der Waals surface area contributed by atoms with Crippen LogP contribution in [0.1, 0.15) is 89.1 Å². The maximum atomic E-state index is 12.5. The van der Waals surface area contributed by atoms with Crippen LogP contribution >= 0.6 is 22.7 Å². The van der Waals surface area contributed by atoms with Gasteiger partial charge in [-0.15, -0.1) is 22.7 Å². The van der Waals surface area contributed by atoms with Gasteiger partial charge in [0.25, 0.3) is 0 Å². The lowest BCUT2D eigenvalue weighted by atomic mass is 9.50. The predicted octanol–water partition coefficient (Wildman–Crippen LogP) is 14.9. The molecule has 8 aromatic carbocycles. The molecule has 12 rings (SSSR count). The molecule has 0 fully saturated rings. The number of para-hydroxylation sites is 2. The molecule has 4 heterocycles. The average Bonchev–Trinajstić information content (AvgIpc) is 1.54. The molecule has 4 aromatic heterocycles. The Hall–Kier alpha value is -9.19. The first-order valence-corrected chi connectivity index (χ1v) is 32.8. The van der Waals surface area contributed by atoms with Crippen molar-refractivity contribution in [2.24, 2.45) is 11.8 Å². The highest BCUT2D eigenvalue weighted by molar-refractivity contribution is 7.20. The topological polar surface area (TPSA) is 102 Å². The summed E-state index contributed by atoms with van der Waals surface area (Å²) in [6, 6.07) is 81.4. The fraction of sp³-hybridized carbons (Fsp3) is 0.211. The molecule has 0 aliphatic heterocycles. The molecule has 2 unspecified atom stereocenters. The zero-order valence-corrected chi connectivity index (χ0v) is 52.1. The first kappa shape index (κ1) is 59.2.